The van der Waals surface area contributed by atoms with Gasteiger partial charge in [0.05, 0.1) is 10.0 Å². The first kappa shape index (κ1) is 14.0. The fraction of sp³-hybridized carbons (Fsp3) is 0.0769. The lowest BCUT2D eigenvalue weighted by atomic mass is 10.2. The highest BCUT2D eigenvalue weighted by atomic mass is 79.9. The van der Waals surface area contributed by atoms with Crippen molar-refractivity contribution in [3.8, 4) is 5.75 Å². The number of hydrogen-bond donors (Lipinski definition) is 0. The Balaban J connectivity index is 2.16. The van der Waals surface area contributed by atoms with Crippen LogP contribution in [0.1, 0.15) is 5.56 Å². The van der Waals surface area contributed by atoms with Gasteiger partial charge in [-0.3, -0.25) is 0 Å². The molecule has 0 bridgehead atoms. The van der Waals surface area contributed by atoms with Crippen molar-refractivity contribution in [2.75, 3.05) is 0 Å². The summed E-state index contributed by atoms with van der Waals surface area (Å²) in [5.41, 5.74) is 0.871. The highest BCUT2D eigenvalue weighted by Crippen LogP contribution is 2.33. The maximum atomic E-state index is 6.10. The van der Waals surface area contributed by atoms with E-state index in [0.29, 0.717) is 27.4 Å². The van der Waals surface area contributed by atoms with Gasteiger partial charge in [0.2, 0.25) is 0 Å². The lowest BCUT2D eigenvalue weighted by Crippen LogP contribution is -1.97. The Kier molecular flexibility index (Phi) is 4.79. The van der Waals surface area contributed by atoms with Gasteiger partial charge in [0.1, 0.15) is 6.61 Å². The van der Waals surface area contributed by atoms with Crippen molar-refractivity contribution >= 4 is 50.7 Å². The molecule has 0 radical (unpaired) electrons. The lowest BCUT2D eigenvalue weighted by molar-refractivity contribution is 0.306. The summed E-state index contributed by atoms with van der Waals surface area (Å²) in [4.78, 5) is 0. The molecule has 0 saturated carbocycles. The second-order valence-corrected chi connectivity index (χ2v) is 5.71. The molecule has 1 nitrogen and oxygen atoms in total. The standard InChI is InChI=1S/C13H8BrCl3O/c14-9-5-4-8(12(17)6-9)7-18-13-10(15)2-1-3-11(13)16/h1-6H,7H2. The number of rotatable bonds is 3. The Morgan fingerprint density at radius 3 is 2.22 bits per heavy atom. The van der Waals surface area contributed by atoms with Crippen molar-refractivity contribution in [3.05, 3.63) is 61.5 Å². The molecule has 0 aliphatic carbocycles. The van der Waals surface area contributed by atoms with E-state index in [1.54, 1.807) is 18.2 Å². The number of benzene rings is 2. The van der Waals surface area contributed by atoms with Crippen molar-refractivity contribution in [1.82, 2.24) is 0 Å². The fourth-order valence-electron chi connectivity index (χ4n) is 1.41. The number of para-hydroxylation sites is 1. The van der Waals surface area contributed by atoms with Crippen molar-refractivity contribution in [3.63, 3.8) is 0 Å². The van der Waals surface area contributed by atoms with Crippen molar-refractivity contribution < 1.29 is 4.74 Å². The van der Waals surface area contributed by atoms with Gasteiger partial charge in [0.25, 0.3) is 0 Å². The molecule has 0 atom stereocenters. The molecule has 0 aliphatic heterocycles. The molecule has 0 aromatic heterocycles. The molecule has 0 amide bonds. The van der Waals surface area contributed by atoms with Crippen molar-refractivity contribution in [1.29, 1.82) is 0 Å². The van der Waals surface area contributed by atoms with Crippen LogP contribution in [0.3, 0.4) is 0 Å². The molecule has 0 unspecified atom stereocenters. The highest BCUT2D eigenvalue weighted by Gasteiger charge is 2.08. The maximum absolute atomic E-state index is 6.10. The quantitative estimate of drug-likeness (QED) is 0.648. The molecule has 2 rings (SSSR count). The molecule has 2 aromatic rings. The summed E-state index contributed by atoms with van der Waals surface area (Å²) in [6.45, 7) is 0.315. The van der Waals surface area contributed by atoms with E-state index in [4.69, 9.17) is 39.5 Å². The third-order valence-corrected chi connectivity index (χ3v) is 3.75. The summed E-state index contributed by atoms with van der Waals surface area (Å²) >= 11 is 21.5. The molecule has 0 N–H and O–H groups in total. The van der Waals surface area contributed by atoms with Crippen LogP contribution in [-0.4, -0.2) is 0 Å². The number of hydrogen-bond acceptors (Lipinski definition) is 1. The zero-order chi connectivity index (χ0) is 13.1. The minimum atomic E-state index is 0.315. The molecular formula is C13H8BrCl3O. The fourth-order valence-corrected chi connectivity index (χ4v) is 2.64. The van der Waals surface area contributed by atoms with Gasteiger partial charge in [-0.05, 0) is 24.3 Å². The Morgan fingerprint density at radius 1 is 0.944 bits per heavy atom. The van der Waals surface area contributed by atoms with E-state index in [2.05, 4.69) is 15.9 Å². The first-order chi connectivity index (χ1) is 8.58. The van der Waals surface area contributed by atoms with E-state index in [1.807, 2.05) is 18.2 Å². The first-order valence-corrected chi connectivity index (χ1v) is 7.01. The average molecular weight is 366 g/mol. The van der Waals surface area contributed by atoms with Gasteiger partial charge in [-0.1, -0.05) is 62.9 Å². The zero-order valence-corrected chi connectivity index (χ0v) is 12.9. The van der Waals surface area contributed by atoms with Crippen LogP contribution in [0.15, 0.2) is 40.9 Å². The van der Waals surface area contributed by atoms with Gasteiger partial charge < -0.3 is 4.74 Å². The predicted octanol–water partition coefficient (Wildman–Crippen LogP) is 5.99. The van der Waals surface area contributed by atoms with Crippen LogP contribution in [0, 0.1) is 0 Å². The SMILES string of the molecule is Clc1cc(Br)ccc1COc1c(Cl)cccc1Cl. The number of halogens is 4. The predicted molar refractivity (Wildman–Crippen MR) is 79.9 cm³/mol. The van der Waals surface area contributed by atoms with Gasteiger partial charge >= 0.3 is 0 Å². The van der Waals surface area contributed by atoms with E-state index in [-0.39, 0.29) is 0 Å². The largest absolute Gasteiger partial charge is 0.486 e. The normalized spacial score (nSPS) is 10.4. The van der Waals surface area contributed by atoms with Crippen LogP contribution >= 0.6 is 50.7 Å². The average Bonchev–Trinajstić information content (AvgIpc) is 2.31. The second kappa shape index (κ2) is 6.16. The van der Waals surface area contributed by atoms with Crippen molar-refractivity contribution in [2.45, 2.75) is 6.61 Å². The van der Waals surface area contributed by atoms with Crippen LogP contribution < -0.4 is 4.74 Å². The molecule has 0 spiro atoms. The molecule has 18 heavy (non-hydrogen) atoms. The molecule has 0 fully saturated rings. The van der Waals surface area contributed by atoms with Gasteiger partial charge in [-0.25, -0.2) is 0 Å². The lowest BCUT2D eigenvalue weighted by Gasteiger charge is -2.10. The van der Waals surface area contributed by atoms with Crippen LogP contribution in [0.2, 0.25) is 15.1 Å². The minimum absolute atomic E-state index is 0.315. The van der Waals surface area contributed by atoms with Crippen LogP contribution in [0.5, 0.6) is 5.75 Å². The molecule has 2 aromatic carbocycles. The topological polar surface area (TPSA) is 9.23 Å². The van der Waals surface area contributed by atoms with Crippen LogP contribution in [-0.2, 0) is 6.61 Å². The molecule has 0 aliphatic rings. The molecular weight excluding hydrogens is 358 g/mol. The van der Waals surface area contributed by atoms with E-state index < -0.39 is 0 Å². The Morgan fingerprint density at radius 2 is 1.61 bits per heavy atom. The maximum Gasteiger partial charge on any atom is 0.156 e. The number of ether oxygens (including phenoxy) is 1. The third kappa shape index (κ3) is 3.33. The van der Waals surface area contributed by atoms with E-state index in [0.717, 1.165) is 10.0 Å². The molecule has 94 valence electrons. The van der Waals surface area contributed by atoms with Crippen LogP contribution in [0.4, 0.5) is 0 Å². The van der Waals surface area contributed by atoms with Crippen LogP contribution in [0.25, 0.3) is 0 Å². The monoisotopic (exact) mass is 364 g/mol. The summed E-state index contributed by atoms with van der Waals surface area (Å²) in [6.07, 6.45) is 0. The smallest absolute Gasteiger partial charge is 0.156 e. The summed E-state index contributed by atoms with van der Waals surface area (Å²) in [7, 11) is 0. The van der Waals surface area contributed by atoms with E-state index in [1.165, 1.54) is 0 Å². The minimum Gasteiger partial charge on any atom is -0.486 e. The Hall–Kier alpha value is -0.410. The summed E-state index contributed by atoms with van der Waals surface area (Å²) in [6, 6.07) is 10.8. The zero-order valence-electron chi connectivity index (χ0n) is 9.09. The first-order valence-electron chi connectivity index (χ1n) is 5.08. The highest BCUT2D eigenvalue weighted by molar-refractivity contribution is 9.10. The summed E-state index contributed by atoms with van der Waals surface area (Å²) in [5.74, 6) is 0.472. The molecule has 0 saturated heterocycles. The van der Waals surface area contributed by atoms with E-state index >= 15 is 0 Å². The second-order valence-electron chi connectivity index (χ2n) is 3.58. The Bertz CT molecular complexity index is 552. The van der Waals surface area contributed by atoms with Gasteiger partial charge in [-0.15, -0.1) is 0 Å². The van der Waals surface area contributed by atoms with Gasteiger partial charge in [0, 0.05) is 15.1 Å². The van der Waals surface area contributed by atoms with Crippen molar-refractivity contribution in [2.24, 2.45) is 0 Å². The molecule has 0 heterocycles. The third-order valence-electron chi connectivity index (χ3n) is 2.31. The van der Waals surface area contributed by atoms with E-state index in [9.17, 15) is 0 Å². The summed E-state index contributed by atoms with van der Waals surface area (Å²) in [5, 5.41) is 1.60. The summed E-state index contributed by atoms with van der Waals surface area (Å²) < 4.78 is 6.53. The van der Waals surface area contributed by atoms with Gasteiger partial charge in [0.15, 0.2) is 5.75 Å². The Labute approximate surface area is 129 Å². The molecule has 5 heteroatoms. The van der Waals surface area contributed by atoms with Gasteiger partial charge in [-0.2, -0.15) is 0 Å².